The predicted molar refractivity (Wildman–Crippen MR) is 263 cm³/mol. The second kappa shape index (κ2) is 17.8. The number of carbonyl (C=O) groups is 1. The molecule has 5 aliphatic rings. The third kappa shape index (κ3) is 9.45. The fourth-order valence-electron chi connectivity index (χ4n) is 11.0. The van der Waals surface area contributed by atoms with E-state index in [1.165, 1.54) is 34.4 Å². The van der Waals surface area contributed by atoms with Gasteiger partial charge in [0.25, 0.3) is 36.3 Å². The van der Waals surface area contributed by atoms with Crippen LogP contribution in [0.4, 0.5) is 11.4 Å². The van der Waals surface area contributed by atoms with Crippen LogP contribution in [-0.2, 0) is 41.2 Å². The second-order valence-corrected chi connectivity index (χ2v) is 24.0. The van der Waals surface area contributed by atoms with Gasteiger partial charge in [0.2, 0.25) is 5.69 Å². The third-order valence-electron chi connectivity index (χ3n) is 14.3. The first-order valence-corrected chi connectivity index (χ1v) is 27.6. The Balaban J connectivity index is 1.24. The summed E-state index contributed by atoms with van der Waals surface area (Å²) in [5.74, 6) is -0.577. The molecule has 67 heavy (non-hydrogen) atoms. The summed E-state index contributed by atoms with van der Waals surface area (Å²) in [4.78, 5) is 15.2. The summed E-state index contributed by atoms with van der Waals surface area (Å²) in [6.45, 7) is 11.5. The summed E-state index contributed by atoms with van der Waals surface area (Å²) in [7, 11) is -11.1. The van der Waals surface area contributed by atoms with Gasteiger partial charge in [-0.2, -0.15) is 29.8 Å². The maximum atomic E-state index is 13.2. The van der Waals surface area contributed by atoms with Crippen molar-refractivity contribution < 1.29 is 48.3 Å². The summed E-state index contributed by atoms with van der Waals surface area (Å²) in [5, 5.41) is 2.78. The smallest absolute Gasteiger partial charge is 0.294 e. The van der Waals surface area contributed by atoms with Crippen molar-refractivity contribution >= 4 is 64.5 Å². The Morgan fingerprint density at radius 1 is 0.776 bits per heavy atom. The van der Waals surface area contributed by atoms with E-state index >= 15 is 0 Å². The molecule has 2 heterocycles. The molecule has 0 spiro atoms. The number of unbranched alkanes of at least 4 members (excludes halogenated alkanes) is 2. The number of anilines is 1. The van der Waals surface area contributed by atoms with Gasteiger partial charge in [-0.3, -0.25) is 18.5 Å². The normalized spacial score (nSPS) is 20.9. The molecular weight excluding hydrogens is 911 g/mol. The number of amides is 1. The molecule has 0 saturated carbocycles. The van der Waals surface area contributed by atoms with E-state index in [1.807, 2.05) is 26.0 Å². The summed E-state index contributed by atoms with van der Waals surface area (Å²) in [6, 6.07) is 16.9. The van der Waals surface area contributed by atoms with Crippen LogP contribution in [0.15, 0.2) is 106 Å². The molecule has 0 fully saturated rings. The third-order valence-corrected chi connectivity index (χ3v) is 16.8. The van der Waals surface area contributed by atoms with Crippen LogP contribution in [0.25, 0.3) is 11.1 Å². The van der Waals surface area contributed by atoms with E-state index in [1.54, 1.807) is 13.1 Å². The maximum absolute atomic E-state index is 13.2. The number of rotatable bonds is 15. The Kier molecular flexibility index (Phi) is 12.9. The monoisotopic (exact) mass is 970 g/mol. The van der Waals surface area contributed by atoms with Crippen LogP contribution < -0.4 is 10.2 Å². The topological polar surface area (TPSA) is 198 Å². The minimum absolute atomic E-state index is 0.192. The lowest BCUT2D eigenvalue weighted by atomic mass is 9.72. The molecule has 0 aromatic heterocycles. The number of aryl methyl sites for hydroxylation is 1. The zero-order chi connectivity index (χ0) is 48.4. The van der Waals surface area contributed by atoms with E-state index in [0.717, 1.165) is 76.3 Å². The first-order chi connectivity index (χ1) is 31.4. The van der Waals surface area contributed by atoms with Crippen molar-refractivity contribution in [1.29, 1.82) is 0 Å². The zero-order valence-corrected chi connectivity index (χ0v) is 41.3. The van der Waals surface area contributed by atoms with Crippen molar-refractivity contribution in [3.63, 3.8) is 0 Å². The molecule has 16 heteroatoms. The number of benzene rings is 3. The first-order valence-electron chi connectivity index (χ1n) is 22.9. The molecule has 1 unspecified atom stereocenters. The Labute approximate surface area is 395 Å². The van der Waals surface area contributed by atoms with Gasteiger partial charge in [0.1, 0.15) is 6.54 Å². The van der Waals surface area contributed by atoms with Gasteiger partial charge in [-0.25, -0.2) is 0 Å². The molecule has 1 amide bonds. The average molecular weight is 971 g/mol. The Morgan fingerprint density at radius 3 is 2.16 bits per heavy atom. The summed E-state index contributed by atoms with van der Waals surface area (Å²) < 4.78 is 102. The molecule has 4 N–H and O–H groups in total. The van der Waals surface area contributed by atoms with Crippen molar-refractivity contribution in [3.05, 3.63) is 135 Å². The lowest BCUT2D eigenvalue weighted by Gasteiger charge is -2.32. The first kappa shape index (κ1) is 48.5. The maximum Gasteiger partial charge on any atom is 0.294 e. The molecule has 0 radical (unpaired) electrons. The highest BCUT2D eigenvalue weighted by Gasteiger charge is 2.46. The van der Waals surface area contributed by atoms with Crippen LogP contribution in [-0.4, -0.2) is 86.7 Å². The average Bonchev–Trinajstić information content (AvgIpc) is 3.78. The molecule has 3 aromatic carbocycles. The largest absolute Gasteiger partial charge is 0.355 e. The second-order valence-electron chi connectivity index (χ2n) is 19.5. The fourth-order valence-corrected chi connectivity index (χ4v) is 12.6. The van der Waals surface area contributed by atoms with E-state index in [-0.39, 0.29) is 40.1 Å². The molecular formula is C51H60N3O10S3+. The molecule has 3 aromatic rings. The van der Waals surface area contributed by atoms with E-state index in [9.17, 15) is 43.7 Å². The van der Waals surface area contributed by atoms with E-state index in [0.29, 0.717) is 43.5 Å². The number of hydrogen-bond donors (Lipinski definition) is 4. The molecule has 2 aliphatic heterocycles. The van der Waals surface area contributed by atoms with Gasteiger partial charge in [-0.1, -0.05) is 49.8 Å². The van der Waals surface area contributed by atoms with Gasteiger partial charge in [0.05, 0.1) is 21.8 Å². The molecule has 1 atom stereocenters. The number of nitrogens with zero attached hydrogens (tertiary/aromatic N) is 2. The lowest BCUT2D eigenvalue weighted by molar-refractivity contribution is -0.438. The minimum Gasteiger partial charge on any atom is -0.355 e. The quantitative estimate of drug-likeness (QED) is 0.0645. The Morgan fingerprint density at radius 2 is 1.48 bits per heavy atom. The molecule has 0 bridgehead atoms. The highest BCUT2D eigenvalue weighted by molar-refractivity contribution is 7.86. The Bertz CT molecular complexity index is 3140. The number of fused-ring (bicyclic) bond motifs is 5. The SMILES string of the molecule is CNC(=O)c1ccc2c(c1)C1=C(C=CC3=[N+](CCCCS(=O)(=O)O)c4ccc(S(=O)(=O)O)cc4C3(C)C)CCC3CCC(=CC=C4N(CCCCS(=O)(=O)O)c5ccc(C)cc5C4(C)C)C2=C13. The van der Waals surface area contributed by atoms with Gasteiger partial charge in [-0.05, 0) is 153 Å². The van der Waals surface area contributed by atoms with Gasteiger partial charge in [-0.15, -0.1) is 0 Å². The molecule has 356 valence electrons. The van der Waals surface area contributed by atoms with Gasteiger partial charge in [0.15, 0.2) is 5.71 Å². The van der Waals surface area contributed by atoms with Crippen LogP contribution in [0.3, 0.4) is 0 Å². The standard InChI is InChI=1S/C51H59N3O10S3/c1-32-11-21-42-40(29-32)50(2,3)44(53(42)25-7-9-27-65(56,57)58)23-17-33-12-14-35-15-13-34(47-39-30-36(49(55)52-6)16-20-38(39)46(33)48(35)47)18-24-45-51(4,5)41-31-37(67(62,63)64)19-22-43(41)54(45)26-8-10-28-66(59,60)61/h11,16-24,29-31,35H,7-10,12-15,25-28H2,1-6H3,(H3-,52,55,56,57,58,59,60,61,62,63,64)/p+1. The van der Waals surface area contributed by atoms with Gasteiger partial charge in [0, 0.05) is 60.1 Å². The molecule has 8 rings (SSSR count). The van der Waals surface area contributed by atoms with Crippen LogP contribution in [0.2, 0.25) is 0 Å². The number of allylic oxidation sites excluding steroid dienone is 10. The van der Waals surface area contributed by atoms with Gasteiger partial charge >= 0.3 is 0 Å². The van der Waals surface area contributed by atoms with Crippen molar-refractivity contribution in [2.75, 3.05) is 36.5 Å². The van der Waals surface area contributed by atoms with Crippen LogP contribution in [0, 0.1) is 12.8 Å². The molecule has 13 nitrogen and oxygen atoms in total. The van der Waals surface area contributed by atoms with E-state index in [4.69, 9.17) is 0 Å². The number of nitrogens with one attached hydrogen (secondary N) is 1. The van der Waals surface area contributed by atoms with E-state index < -0.39 is 35.8 Å². The highest BCUT2D eigenvalue weighted by atomic mass is 32.2. The predicted octanol–water partition coefficient (Wildman–Crippen LogP) is 8.90. The van der Waals surface area contributed by atoms with Crippen molar-refractivity contribution in [3.8, 4) is 0 Å². The van der Waals surface area contributed by atoms with Crippen LogP contribution >= 0.6 is 0 Å². The van der Waals surface area contributed by atoms with Crippen LogP contribution in [0.1, 0.15) is 117 Å². The van der Waals surface area contributed by atoms with Crippen LogP contribution in [0.5, 0.6) is 0 Å². The molecule has 3 aliphatic carbocycles. The Hall–Kier alpha value is -4.97. The number of carbonyl (C=O) groups excluding carboxylic acids is 1. The summed E-state index contributed by atoms with van der Waals surface area (Å²) >= 11 is 0. The highest BCUT2D eigenvalue weighted by Crippen LogP contribution is 2.58. The lowest BCUT2D eigenvalue weighted by Crippen LogP contribution is -2.28. The van der Waals surface area contributed by atoms with Crippen molar-refractivity contribution in [2.24, 2.45) is 5.92 Å². The fraction of sp³-hybridized carbons (Fsp3) is 0.412. The number of hydrogen-bond acceptors (Lipinski definition) is 8. The minimum atomic E-state index is -4.50. The van der Waals surface area contributed by atoms with E-state index in [2.05, 4.69) is 84.1 Å². The summed E-state index contributed by atoms with van der Waals surface area (Å²) in [6.07, 6.45) is 13.7. The summed E-state index contributed by atoms with van der Waals surface area (Å²) in [5.41, 5.74) is 14.2. The zero-order valence-electron chi connectivity index (χ0n) is 38.9. The van der Waals surface area contributed by atoms with Crippen molar-refractivity contribution in [2.45, 2.75) is 102 Å². The van der Waals surface area contributed by atoms with Crippen molar-refractivity contribution in [1.82, 2.24) is 5.32 Å². The van der Waals surface area contributed by atoms with Gasteiger partial charge < -0.3 is 10.2 Å². The molecule has 0 saturated heterocycles.